The summed E-state index contributed by atoms with van der Waals surface area (Å²) in [5.74, 6) is 0.801. The van der Waals surface area contributed by atoms with Crippen LogP contribution in [-0.2, 0) is 20.1 Å². The van der Waals surface area contributed by atoms with Crippen LogP contribution in [0.5, 0.6) is 0 Å². The van der Waals surface area contributed by atoms with Crippen molar-refractivity contribution in [1.29, 1.82) is 0 Å². The Labute approximate surface area is 157 Å². The van der Waals surface area contributed by atoms with Gasteiger partial charge in [-0.3, -0.25) is 4.98 Å². The summed E-state index contributed by atoms with van der Waals surface area (Å²) in [5, 5.41) is 8.45. The van der Waals surface area contributed by atoms with Crippen LogP contribution in [0.2, 0.25) is 0 Å². The Kier molecular flexibility index (Phi) is 4.63. The van der Waals surface area contributed by atoms with Crippen LogP contribution >= 0.6 is 11.3 Å². The SMILES string of the molecule is Cc1cc(C)c(-n2cnnc2-c2[c-]cc3ncsc3c2)c(C)c1.[Ir]. The minimum atomic E-state index is 0. The molecule has 1 radical (unpaired) electrons. The molecule has 0 saturated carbocycles. The molecule has 2 aromatic carbocycles. The molecule has 4 aromatic rings. The van der Waals surface area contributed by atoms with Gasteiger partial charge in [0.25, 0.3) is 0 Å². The Bertz CT molecular complexity index is 996. The maximum absolute atomic E-state index is 4.32. The average molecular weight is 512 g/mol. The first-order chi connectivity index (χ1) is 11.1. The molecule has 0 bridgehead atoms. The molecule has 2 heterocycles. The van der Waals surface area contributed by atoms with Crippen LogP contribution in [0.25, 0.3) is 27.3 Å². The summed E-state index contributed by atoms with van der Waals surface area (Å²) in [6.45, 7) is 6.35. The van der Waals surface area contributed by atoms with E-state index in [1.165, 1.54) is 16.7 Å². The number of rotatable bonds is 2. The first-order valence-corrected chi connectivity index (χ1v) is 8.25. The van der Waals surface area contributed by atoms with Crippen molar-refractivity contribution < 1.29 is 20.1 Å². The molecular weight excluding hydrogens is 497 g/mol. The maximum Gasteiger partial charge on any atom is 0.114 e. The number of benzene rings is 2. The smallest absolute Gasteiger partial charge is 0.114 e. The molecule has 0 N–H and O–H groups in total. The summed E-state index contributed by atoms with van der Waals surface area (Å²) >= 11 is 1.62. The molecule has 4 rings (SSSR count). The predicted molar refractivity (Wildman–Crippen MR) is 93.0 cm³/mol. The van der Waals surface area contributed by atoms with Crippen molar-refractivity contribution in [1.82, 2.24) is 19.7 Å². The first kappa shape index (κ1) is 17.0. The van der Waals surface area contributed by atoms with Gasteiger partial charge in [0.15, 0.2) is 0 Å². The molecule has 0 spiro atoms. The van der Waals surface area contributed by atoms with Crippen molar-refractivity contribution in [2.75, 3.05) is 0 Å². The van der Waals surface area contributed by atoms with E-state index >= 15 is 0 Å². The molecule has 0 amide bonds. The van der Waals surface area contributed by atoms with E-state index in [9.17, 15) is 0 Å². The molecule has 0 aliphatic carbocycles. The van der Waals surface area contributed by atoms with Crippen molar-refractivity contribution in [3.8, 4) is 17.1 Å². The van der Waals surface area contributed by atoms with E-state index in [2.05, 4.69) is 60.2 Å². The van der Waals surface area contributed by atoms with E-state index < -0.39 is 0 Å². The topological polar surface area (TPSA) is 43.6 Å². The van der Waals surface area contributed by atoms with Crippen molar-refractivity contribution in [2.24, 2.45) is 0 Å². The van der Waals surface area contributed by atoms with Crippen LogP contribution in [0.3, 0.4) is 0 Å². The van der Waals surface area contributed by atoms with Gasteiger partial charge >= 0.3 is 0 Å². The first-order valence-electron chi connectivity index (χ1n) is 7.37. The summed E-state index contributed by atoms with van der Waals surface area (Å²) in [7, 11) is 0. The van der Waals surface area contributed by atoms with E-state index in [1.807, 2.05) is 16.1 Å². The van der Waals surface area contributed by atoms with Gasteiger partial charge in [-0.05, 0) is 42.1 Å². The second-order valence-corrected chi connectivity index (χ2v) is 6.61. The number of aromatic nitrogens is 4. The summed E-state index contributed by atoms with van der Waals surface area (Å²) in [4.78, 5) is 4.30. The molecule has 2 aromatic heterocycles. The van der Waals surface area contributed by atoms with Gasteiger partial charge in [-0.25, -0.2) is 0 Å². The second kappa shape index (κ2) is 6.55. The third kappa shape index (κ3) is 2.81. The van der Waals surface area contributed by atoms with E-state index in [1.54, 1.807) is 17.7 Å². The predicted octanol–water partition coefficient (Wildman–Crippen LogP) is 4.27. The van der Waals surface area contributed by atoms with Crippen LogP contribution in [0.15, 0.2) is 36.1 Å². The number of nitrogens with zero attached hydrogens (tertiary/aromatic N) is 4. The zero-order chi connectivity index (χ0) is 16.0. The monoisotopic (exact) mass is 512 g/mol. The molecule has 0 atom stereocenters. The van der Waals surface area contributed by atoms with Crippen molar-refractivity contribution in [2.45, 2.75) is 20.8 Å². The number of aryl methyl sites for hydroxylation is 3. The van der Waals surface area contributed by atoms with Crippen molar-refractivity contribution in [3.63, 3.8) is 0 Å². The third-order valence-electron chi connectivity index (χ3n) is 3.93. The molecular formula is C18H15IrN4S-. The fourth-order valence-corrected chi connectivity index (χ4v) is 3.76. The Hall–Kier alpha value is -1.88. The fourth-order valence-electron chi connectivity index (χ4n) is 3.06. The van der Waals surface area contributed by atoms with E-state index in [0.717, 1.165) is 27.3 Å². The molecule has 0 saturated heterocycles. The molecule has 4 nitrogen and oxygen atoms in total. The number of hydrogen-bond acceptors (Lipinski definition) is 4. The Morgan fingerprint density at radius 2 is 1.83 bits per heavy atom. The Morgan fingerprint density at radius 3 is 2.58 bits per heavy atom. The zero-order valence-electron chi connectivity index (χ0n) is 13.5. The normalized spacial score (nSPS) is 10.8. The van der Waals surface area contributed by atoms with Crippen LogP contribution in [0.1, 0.15) is 16.7 Å². The van der Waals surface area contributed by atoms with E-state index in [0.29, 0.717) is 0 Å². The van der Waals surface area contributed by atoms with Crippen LogP contribution in [0, 0.1) is 26.8 Å². The minimum absolute atomic E-state index is 0. The van der Waals surface area contributed by atoms with Gasteiger partial charge in [-0.2, -0.15) is 5.10 Å². The van der Waals surface area contributed by atoms with Gasteiger partial charge in [0.05, 0.1) is 11.3 Å². The molecule has 0 aliphatic heterocycles. The van der Waals surface area contributed by atoms with Crippen LogP contribution in [0.4, 0.5) is 0 Å². The maximum atomic E-state index is 4.32. The number of fused-ring (bicyclic) bond motifs is 1. The summed E-state index contributed by atoms with van der Waals surface area (Å²) in [5.41, 5.74) is 8.56. The second-order valence-electron chi connectivity index (χ2n) is 5.72. The summed E-state index contributed by atoms with van der Waals surface area (Å²) < 4.78 is 3.17. The van der Waals surface area contributed by atoms with Gasteiger partial charge in [0, 0.05) is 25.8 Å². The molecule has 0 fully saturated rings. The Morgan fingerprint density at radius 1 is 1.08 bits per heavy atom. The number of hydrogen-bond donors (Lipinski definition) is 0. The molecule has 6 heteroatoms. The average Bonchev–Trinajstić information content (AvgIpc) is 3.13. The van der Waals surface area contributed by atoms with Crippen molar-refractivity contribution in [3.05, 3.63) is 58.9 Å². The summed E-state index contributed by atoms with van der Waals surface area (Å²) in [6.07, 6.45) is 1.77. The van der Waals surface area contributed by atoms with Crippen LogP contribution < -0.4 is 0 Å². The van der Waals surface area contributed by atoms with Gasteiger partial charge < -0.3 is 4.57 Å². The van der Waals surface area contributed by atoms with Gasteiger partial charge in [-0.15, -0.1) is 40.2 Å². The molecule has 24 heavy (non-hydrogen) atoms. The van der Waals surface area contributed by atoms with E-state index in [4.69, 9.17) is 0 Å². The van der Waals surface area contributed by atoms with Gasteiger partial charge in [-0.1, -0.05) is 17.7 Å². The minimum Gasteiger partial charge on any atom is -0.322 e. The quantitative estimate of drug-likeness (QED) is 0.378. The van der Waals surface area contributed by atoms with Crippen molar-refractivity contribution >= 4 is 21.6 Å². The molecule has 0 aliphatic rings. The van der Waals surface area contributed by atoms with Gasteiger partial charge in [0.2, 0.25) is 0 Å². The standard InChI is InChI=1S/C18H15N4S.Ir/c1-11-6-12(2)17(13(3)7-11)22-9-20-21-18(22)14-4-5-15-16(8-14)23-10-19-15;/h5-10H,1-3H3;/q-1;. The fraction of sp³-hybridized carbons (Fsp3) is 0.167. The largest absolute Gasteiger partial charge is 0.322 e. The zero-order valence-corrected chi connectivity index (χ0v) is 16.7. The Balaban J connectivity index is 0.00000169. The van der Waals surface area contributed by atoms with E-state index in [-0.39, 0.29) is 20.1 Å². The molecule has 123 valence electrons. The third-order valence-corrected chi connectivity index (χ3v) is 4.72. The van der Waals surface area contributed by atoms with Gasteiger partial charge in [0.1, 0.15) is 6.33 Å². The summed E-state index contributed by atoms with van der Waals surface area (Å²) in [6, 6.07) is 11.6. The number of thiazole rings is 1. The van der Waals surface area contributed by atoms with Crippen LogP contribution in [-0.4, -0.2) is 19.7 Å². The molecule has 0 unspecified atom stereocenters.